The van der Waals surface area contributed by atoms with Crippen molar-refractivity contribution < 1.29 is 8.91 Å². The number of rotatable bonds is 3. The first-order valence-electron chi connectivity index (χ1n) is 4.48. The highest BCUT2D eigenvalue weighted by Crippen LogP contribution is 2.11. The fourth-order valence-electron chi connectivity index (χ4n) is 1.23. The lowest BCUT2D eigenvalue weighted by Crippen LogP contribution is -1.94. The zero-order valence-corrected chi connectivity index (χ0v) is 7.98. The molecular weight excluding hydrogens is 195 g/mol. The van der Waals surface area contributed by atoms with Crippen molar-refractivity contribution in [2.75, 3.05) is 0 Å². The maximum absolute atomic E-state index is 13.3. The fraction of sp³-hybridized carbons (Fsp3) is 0.0909. The van der Waals surface area contributed by atoms with Crippen LogP contribution in [0.15, 0.2) is 35.4 Å². The SMILES string of the molecule is C=Cc1nc(Cc2ccccc2F)no1. The minimum atomic E-state index is -0.262. The molecule has 0 aliphatic heterocycles. The van der Waals surface area contributed by atoms with E-state index in [-0.39, 0.29) is 5.82 Å². The van der Waals surface area contributed by atoms with Crippen molar-refractivity contribution in [3.8, 4) is 0 Å². The number of hydrogen-bond acceptors (Lipinski definition) is 3. The standard InChI is InChI=1S/C11H9FN2O/c1-2-11-13-10(14-15-11)7-8-5-3-4-6-9(8)12/h2-6H,1,7H2. The molecule has 0 radical (unpaired) electrons. The Morgan fingerprint density at radius 2 is 2.20 bits per heavy atom. The minimum absolute atomic E-state index is 0.262. The molecule has 76 valence electrons. The van der Waals surface area contributed by atoms with Gasteiger partial charge in [-0.15, -0.1) is 0 Å². The first kappa shape index (κ1) is 9.58. The molecule has 1 aromatic carbocycles. The largest absolute Gasteiger partial charge is 0.335 e. The normalized spacial score (nSPS) is 10.2. The molecule has 0 fully saturated rings. The molecular formula is C11H9FN2O. The van der Waals surface area contributed by atoms with Gasteiger partial charge in [-0.05, 0) is 17.7 Å². The van der Waals surface area contributed by atoms with Gasteiger partial charge in [0, 0.05) is 6.42 Å². The second-order valence-electron chi connectivity index (χ2n) is 3.02. The van der Waals surface area contributed by atoms with Crippen molar-refractivity contribution in [1.82, 2.24) is 10.1 Å². The third-order valence-electron chi connectivity index (χ3n) is 1.96. The van der Waals surface area contributed by atoms with Crippen molar-refractivity contribution >= 4 is 6.08 Å². The number of benzene rings is 1. The zero-order valence-electron chi connectivity index (χ0n) is 7.98. The van der Waals surface area contributed by atoms with Gasteiger partial charge in [0.2, 0.25) is 5.89 Å². The second kappa shape index (κ2) is 4.04. The van der Waals surface area contributed by atoms with Crippen LogP contribution >= 0.6 is 0 Å². The molecule has 0 aliphatic carbocycles. The molecule has 0 saturated heterocycles. The molecule has 2 aromatic rings. The Morgan fingerprint density at radius 3 is 2.87 bits per heavy atom. The fourth-order valence-corrected chi connectivity index (χ4v) is 1.23. The average Bonchev–Trinajstić information content (AvgIpc) is 2.69. The van der Waals surface area contributed by atoms with Gasteiger partial charge in [-0.3, -0.25) is 0 Å². The van der Waals surface area contributed by atoms with E-state index in [0.29, 0.717) is 23.7 Å². The number of halogens is 1. The Balaban J connectivity index is 2.22. The predicted octanol–water partition coefficient (Wildman–Crippen LogP) is 2.44. The molecule has 0 spiro atoms. The van der Waals surface area contributed by atoms with E-state index in [1.54, 1.807) is 18.2 Å². The van der Waals surface area contributed by atoms with Crippen LogP contribution in [0, 0.1) is 5.82 Å². The van der Waals surface area contributed by atoms with Crippen molar-refractivity contribution in [1.29, 1.82) is 0 Å². The summed E-state index contributed by atoms with van der Waals surface area (Å²) < 4.78 is 18.1. The van der Waals surface area contributed by atoms with Gasteiger partial charge in [0.15, 0.2) is 5.82 Å². The van der Waals surface area contributed by atoms with Crippen LogP contribution in [0.5, 0.6) is 0 Å². The third kappa shape index (κ3) is 2.10. The molecule has 0 bridgehead atoms. The van der Waals surface area contributed by atoms with Gasteiger partial charge in [0.1, 0.15) is 5.82 Å². The van der Waals surface area contributed by atoms with Gasteiger partial charge in [0.05, 0.1) is 0 Å². The van der Waals surface area contributed by atoms with Gasteiger partial charge >= 0.3 is 0 Å². The van der Waals surface area contributed by atoms with E-state index >= 15 is 0 Å². The van der Waals surface area contributed by atoms with E-state index in [4.69, 9.17) is 4.52 Å². The monoisotopic (exact) mass is 204 g/mol. The van der Waals surface area contributed by atoms with Crippen LogP contribution in [0.4, 0.5) is 4.39 Å². The van der Waals surface area contributed by atoms with Crippen molar-refractivity contribution in [3.05, 3.63) is 53.9 Å². The van der Waals surface area contributed by atoms with Gasteiger partial charge in [-0.25, -0.2) is 4.39 Å². The average molecular weight is 204 g/mol. The van der Waals surface area contributed by atoms with Gasteiger partial charge in [-0.2, -0.15) is 4.98 Å². The van der Waals surface area contributed by atoms with Crippen LogP contribution in [0.2, 0.25) is 0 Å². The molecule has 0 aliphatic rings. The number of nitrogens with zero attached hydrogens (tertiary/aromatic N) is 2. The minimum Gasteiger partial charge on any atom is -0.335 e. The third-order valence-corrected chi connectivity index (χ3v) is 1.96. The Labute approximate surface area is 86.2 Å². The van der Waals surface area contributed by atoms with E-state index in [1.165, 1.54) is 12.1 Å². The summed E-state index contributed by atoms with van der Waals surface area (Å²) in [7, 11) is 0. The molecule has 15 heavy (non-hydrogen) atoms. The molecule has 2 rings (SSSR count). The summed E-state index contributed by atoms with van der Waals surface area (Å²) >= 11 is 0. The van der Waals surface area contributed by atoms with Crippen LogP contribution in [0.3, 0.4) is 0 Å². The highest BCUT2D eigenvalue weighted by atomic mass is 19.1. The Kier molecular flexibility index (Phi) is 2.58. The van der Waals surface area contributed by atoms with Crippen LogP contribution in [0.25, 0.3) is 6.08 Å². The molecule has 0 amide bonds. The van der Waals surface area contributed by atoms with Crippen LogP contribution in [0.1, 0.15) is 17.3 Å². The van der Waals surface area contributed by atoms with Crippen molar-refractivity contribution in [2.45, 2.75) is 6.42 Å². The van der Waals surface area contributed by atoms with Crippen molar-refractivity contribution in [3.63, 3.8) is 0 Å². The molecule has 0 atom stereocenters. The van der Waals surface area contributed by atoms with E-state index < -0.39 is 0 Å². The molecule has 1 heterocycles. The summed E-state index contributed by atoms with van der Waals surface area (Å²) in [6.07, 6.45) is 1.78. The smallest absolute Gasteiger partial charge is 0.250 e. The Bertz CT molecular complexity index is 479. The first-order valence-corrected chi connectivity index (χ1v) is 4.48. The first-order chi connectivity index (χ1) is 7.29. The molecule has 0 saturated carbocycles. The molecule has 3 nitrogen and oxygen atoms in total. The van der Waals surface area contributed by atoms with E-state index in [0.717, 1.165) is 0 Å². The predicted molar refractivity (Wildman–Crippen MR) is 53.6 cm³/mol. The summed E-state index contributed by atoms with van der Waals surface area (Å²) in [5.74, 6) is 0.541. The quantitative estimate of drug-likeness (QED) is 0.770. The van der Waals surface area contributed by atoms with Crippen LogP contribution in [-0.2, 0) is 6.42 Å². The molecule has 4 heteroatoms. The summed E-state index contributed by atoms with van der Waals surface area (Å²) in [5, 5.41) is 3.70. The second-order valence-corrected chi connectivity index (χ2v) is 3.02. The lowest BCUT2D eigenvalue weighted by Gasteiger charge is -1.97. The van der Waals surface area contributed by atoms with Gasteiger partial charge in [-0.1, -0.05) is 29.9 Å². The molecule has 1 aromatic heterocycles. The number of aromatic nitrogens is 2. The van der Waals surface area contributed by atoms with Crippen molar-refractivity contribution in [2.24, 2.45) is 0 Å². The molecule has 0 N–H and O–H groups in total. The topological polar surface area (TPSA) is 38.9 Å². The van der Waals surface area contributed by atoms with E-state index in [9.17, 15) is 4.39 Å². The van der Waals surface area contributed by atoms with Crippen LogP contribution < -0.4 is 0 Å². The maximum atomic E-state index is 13.3. The zero-order chi connectivity index (χ0) is 10.7. The van der Waals surface area contributed by atoms with Gasteiger partial charge in [0.25, 0.3) is 0 Å². The summed E-state index contributed by atoms with van der Waals surface area (Å²) in [5.41, 5.74) is 0.550. The highest BCUT2D eigenvalue weighted by molar-refractivity contribution is 5.33. The maximum Gasteiger partial charge on any atom is 0.250 e. The lowest BCUT2D eigenvalue weighted by atomic mass is 10.1. The lowest BCUT2D eigenvalue weighted by molar-refractivity contribution is 0.404. The van der Waals surface area contributed by atoms with Crippen LogP contribution in [-0.4, -0.2) is 10.1 Å². The molecule has 0 unspecified atom stereocenters. The summed E-state index contributed by atoms with van der Waals surface area (Å²) in [6, 6.07) is 6.51. The Hall–Kier alpha value is -1.97. The summed E-state index contributed by atoms with van der Waals surface area (Å²) in [4.78, 5) is 4.00. The Morgan fingerprint density at radius 1 is 1.40 bits per heavy atom. The van der Waals surface area contributed by atoms with Gasteiger partial charge < -0.3 is 4.52 Å². The highest BCUT2D eigenvalue weighted by Gasteiger charge is 2.07. The summed E-state index contributed by atoms with van der Waals surface area (Å²) in [6.45, 7) is 3.50. The number of hydrogen-bond donors (Lipinski definition) is 0. The van der Waals surface area contributed by atoms with E-state index in [2.05, 4.69) is 16.7 Å². The van der Waals surface area contributed by atoms with E-state index in [1.807, 2.05) is 0 Å².